The van der Waals surface area contributed by atoms with E-state index in [2.05, 4.69) is 56.4 Å². The lowest BCUT2D eigenvalue weighted by atomic mass is 9.97. The molecule has 0 radical (unpaired) electrons. The van der Waals surface area contributed by atoms with E-state index >= 15 is 0 Å². The quantitative estimate of drug-likeness (QED) is 0.726. The first-order valence-electron chi connectivity index (χ1n) is 9.74. The van der Waals surface area contributed by atoms with Gasteiger partial charge in [0.15, 0.2) is 0 Å². The molecule has 2 aromatic rings. The number of anilines is 1. The third kappa shape index (κ3) is 6.03. The maximum absolute atomic E-state index is 12.5. The average Bonchev–Trinajstić information content (AvgIpc) is 2.72. The molecule has 27 heavy (non-hydrogen) atoms. The van der Waals surface area contributed by atoms with Crippen molar-refractivity contribution in [1.82, 2.24) is 20.2 Å². The number of benzene rings is 1. The van der Waals surface area contributed by atoms with Crippen LogP contribution in [0, 0.1) is 5.92 Å². The van der Waals surface area contributed by atoms with Crippen molar-refractivity contribution in [3.05, 3.63) is 54.4 Å². The Morgan fingerprint density at radius 3 is 2.78 bits per heavy atom. The number of rotatable bonds is 8. The molecule has 3 rings (SSSR count). The summed E-state index contributed by atoms with van der Waals surface area (Å²) in [6.45, 7) is 4.23. The fraction of sp³-hybridized carbons (Fsp3) is 0.476. The molecule has 1 aromatic heterocycles. The average molecular weight is 367 g/mol. The Kier molecular flexibility index (Phi) is 7.16. The van der Waals surface area contributed by atoms with E-state index in [4.69, 9.17) is 0 Å². The van der Waals surface area contributed by atoms with Crippen molar-refractivity contribution in [3.8, 4) is 0 Å². The fourth-order valence-electron chi connectivity index (χ4n) is 3.51. The van der Waals surface area contributed by atoms with Crippen LogP contribution in [0.15, 0.2) is 48.8 Å². The lowest BCUT2D eigenvalue weighted by Gasteiger charge is -2.32. The van der Waals surface area contributed by atoms with Crippen molar-refractivity contribution >= 4 is 11.9 Å². The van der Waals surface area contributed by atoms with Crippen LogP contribution in [0.25, 0.3) is 0 Å². The number of carbonyl (C=O) groups excluding carboxylic acids is 1. The number of aromatic nitrogens is 2. The number of nitrogens with one attached hydrogen (secondary N) is 1. The summed E-state index contributed by atoms with van der Waals surface area (Å²) in [5.74, 6) is 0.892. The van der Waals surface area contributed by atoms with Gasteiger partial charge in [-0.2, -0.15) is 0 Å². The molecule has 1 aromatic carbocycles. The predicted octanol–water partition coefficient (Wildman–Crippen LogP) is 2.33. The van der Waals surface area contributed by atoms with E-state index < -0.39 is 0 Å². The molecule has 1 unspecified atom stereocenters. The fourth-order valence-corrected chi connectivity index (χ4v) is 3.51. The molecule has 6 heteroatoms. The number of amides is 1. The van der Waals surface area contributed by atoms with Crippen LogP contribution in [0.4, 0.5) is 5.95 Å². The van der Waals surface area contributed by atoms with E-state index in [1.54, 1.807) is 12.4 Å². The van der Waals surface area contributed by atoms with E-state index in [9.17, 15) is 4.79 Å². The summed E-state index contributed by atoms with van der Waals surface area (Å²) in [7, 11) is 2.12. The van der Waals surface area contributed by atoms with Crippen molar-refractivity contribution in [2.45, 2.75) is 25.8 Å². The van der Waals surface area contributed by atoms with Crippen LogP contribution in [0.5, 0.6) is 0 Å². The molecule has 1 N–H and O–H groups in total. The summed E-state index contributed by atoms with van der Waals surface area (Å²) >= 11 is 0. The molecule has 6 nitrogen and oxygen atoms in total. The second-order valence-corrected chi connectivity index (χ2v) is 7.20. The molecule has 1 aliphatic rings. The second-order valence-electron chi connectivity index (χ2n) is 7.20. The first kappa shape index (κ1) is 19.3. The van der Waals surface area contributed by atoms with Gasteiger partial charge in [-0.3, -0.25) is 4.79 Å². The van der Waals surface area contributed by atoms with Gasteiger partial charge in [0.2, 0.25) is 11.9 Å². The Balaban J connectivity index is 1.36. The molecule has 2 heterocycles. The molecular formula is C21H29N5O. The third-order valence-corrected chi connectivity index (χ3v) is 4.94. The summed E-state index contributed by atoms with van der Waals surface area (Å²) in [4.78, 5) is 25.5. The molecule has 1 aliphatic heterocycles. The van der Waals surface area contributed by atoms with Crippen LogP contribution in [-0.2, 0) is 11.3 Å². The summed E-state index contributed by atoms with van der Waals surface area (Å²) in [6, 6.07) is 12.3. The van der Waals surface area contributed by atoms with Crippen LogP contribution < -0.4 is 10.2 Å². The van der Waals surface area contributed by atoms with Gasteiger partial charge in [0.25, 0.3) is 0 Å². The molecular weight excluding hydrogens is 338 g/mol. The largest absolute Gasteiger partial charge is 0.356 e. The molecule has 0 spiro atoms. The lowest BCUT2D eigenvalue weighted by molar-refractivity contribution is -0.125. The standard InChI is InChI=1S/C21H29N5O/c1-25(16-18-8-3-2-4-9-18)14-7-13-22-20(27)19-10-5-15-26(17-19)21-23-11-6-12-24-21/h2-4,6,8-9,11-12,19H,5,7,10,13-17H2,1H3,(H,22,27). The maximum Gasteiger partial charge on any atom is 0.225 e. The Morgan fingerprint density at radius 1 is 1.22 bits per heavy atom. The summed E-state index contributed by atoms with van der Waals surface area (Å²) in [5, 5.41) is 3.11. The van der Waals surface area contributed by atoms with Gasteiger partial charge in [0, 0.05) is 38.6 Å². The number of piperidine rings is 1. The van der Waals surface area contributed by atoms with Gasteiger partial charge < -0.3 is 15.1 Å². The third-order valence-electron chi connectivity index (χ3n) is 4.94. The second kappa shape index (κ2) is 10.0. The van der Waals surface area contributed by atoms with Crippen LogP contribution in [0.2, 0.25) is 0 Å². The minimum atomic E-state index is 0.0182. The highest BCUT2D eigenvalue weighted by Crippen LogP contribution is 2.20. The smallest absolute Gasteiger partial charge is 0.225 e. The molecule has 144 valence electrons. The van der Waals surface area contributed by atoms with Gasteiger partial charge >= 0.3 is 0 Å². The van der Waals surface area contributed by atoms with Crippen molar-refractivity contribution < 1.29 is 4.79 Å². The van der Waals surface area contributed by atoms with Crippen LogP contribution in [0.1, 0.15) is 24.8 Å². The maximum atomic E-state index is 12.5. The van der Waals surface area contributed by atoms with Crippen molar-refractivity contribution in [2.75, 3.05) is 38.1 Å². The van der Waals surface area contributed by atoms with E-state index in [1.807, 2.05) is 12.1 Å². The first-order valence-corrected chi connectivity index (χ1v) is 9.74. The number of carbonyl (C=O) groups is 1. The Hall–Kier alpha value is -2.47. The molecule has 1 amide bonds. The topological polar surface area (TPSA) is 61.4 Å². The minimum Gasteiger partial charge on any atom is -0.356 e. The number of hydrogen-bond donors (Lipinski definition) is 1. The highest BCUT2D eigenvalue weighted by Gasteiger charge is 2.26. The van der Waals surface area contributed by atoms with E-state index in [-0.39, 0.29) is 11.8 Å². The highest BCUT2D eigenvalue weighted by molar-refractivity contribution is 5.79. The Morgan fingerprint density at radius 2 is 2.00 bits per heavy atom. The van der Waals surface area contributed by atoms with Gasteiger partial charge in [-0.05, 0) is 44.5 Å². The summed E-state index contributed by atoms with van der Waals surface area (Å²) in [6.07, 6.45) is 6.38. The Bertz CT molecular complexity index is 694. The van der Waals surface area contributed by atoms with Gasteiger partial charge in [-0.25, -0.2) is 9.97 Å². The van der Waals surface area contributed by atoms with E-state index in [1.165, 1.54) is 5.56 Å². The Labute approximate surface area is 161 Å². The van der Waals surface area contributed by atoms with Crippen LogP contribution in [-0.4, -0.2) is 54.0 Å². The molecule has 0 aliphatic carbocycles. The monoisotopic (exact) mass is 367 g/mol. The van der Waals surface area contributed by atoms with Gasteiger partial charge in [0.05, 0.1) is 5.92 Å². The van der Waals surface area contributed by atoms with Crippen molar-refractivity contribution in [3.63, 3.8) is 0 Å². The molecule has 1 saturated heterocycles. The molecule has 0 bridgehead atoms. The van der Waals surface area contributed by atoms with Crippen LogP contribution >= 0.6 is 0 Å². The van der Waals surface area contributed by atoms with E-state index in [0.717, 1.165) is 51.4 Å². The van der Waals surface area contributed by atoms with Crippen LogP contribution in [0.3, 0.4) is 0 Å². The predicted molar refractivity (Wildman–Crippen MR) is 107 cm³/mol. The number of nitrogens with zero attached hydrogens (tertiary/aromatic N) is 4. The zero-order valence-electron chi connectivity index (χ0n) is 16.1. The van der Waals surface area contributed by atoms with Crippen molar-refractivity contribution in [1.29, 1.82) is 0 Å². The lowest BCUT2D eigenvalue weighted by Crippen LogP contribution is -2.44. The summed E-state index contributed by atoms with van der Waals surface area (Å²) < 4.78 is 0. The van der Waals surface area contributed by atoms with Gasteiger partial charge in [0.1, 0.15) is 0 Å². The number of hydrogen-bond acceptors (Lipinski definition) is 5. The minimum absolute atomic E-state index is 0.0182. The SMILES string of the molecule is CN(CCCNC(=O)C1CCCN(c2ncccn2)C1)Cc1ccccc1. The van der Waals surface area contributed by atoms with Gasteiger partial charge in [-0.15, -0.1) is 0 Å². The highest BCUT2D eigenvalue weighted by atomic mass is 16.1. The van der Waals surface area contributed by atoms with Gasteiger partial charge in [-0.1, -0.05) is 30.3 Å². The zero-order chi connectivity index (χ0) is 18.9. The molecule has 0 saturated carbocycles. The normalized spacial score (nSPS) is 17.1. The first-order chi connectivity index (χ1) is 13.2. The zero-order valence-corrected chi connectivity index (χ0v) is 16.1. The summed E-state index contributed by atoms with van der Waals surface area (Å²) in [5.41, 5.74) is 1.31. The van der Waals surface area contributed by atoms with E-state index in [0.29, 0.717) is 6.54 Å². The van der Waals surface area contributed by atoms with Crippen molar-refractivity contribution in [2.24, 2.45) is 5.92 Å². The molecule has 1 fully saturated rings. The molecule has 1 atom stereocenters.